The van der Waals surface area contributed by atoms with Crippen LogP contribution in [0.15, 0.2) is 79.1 Å². The van der Waals surface area contributed by atoms with Gasteiger partial charge in [0.1, 0.15) is 17.2 Å². The first-order chi connectivity index (χ1) is 15.0. The van der Waals surface area contributed by atoms with Crippen molar-refractivity contribution in [1.82, 2.24) is 4.98 Å². The lowest BCUT2D eigenvalue weighted by molar-refractivity contribution is -0.131. The molecular formula is C26H21NO4. The quantitative estimate of drug-likeness (QED) is 0.388. The molecule has 0 bridgehead atoms. The van der Waals surface area contributed by atoms with Crippen molar-refractivity contribution in [3.8, 4) is 28.4 Å². The first-order valence-corrected chi connectivity index (χ1v) is 9.76. The summed E-state index contributed by atoms with van der Waals surface area (Å²) in [6, 6.07) is 19.3. The number of aliphatic carboxylic acids is 1. The predicted molar refractivity (Wildman–Crippen MR) is 122 cm³/mol. The van der Waals surface area contributed by atoms with E-state index >= 15 is 0 Å². The maximum absolute atomic E-state index is 10.7. The molecule has 0 saturated heterocycles. The summed E-state index contributed by atoms with van der Waals surface area (Å²) >= 11 is 0. The van der Waals surface area contributed by atoms with Crippen LogP contribution in [0.1, 0.15) is 11.1 Å². The van der Waals surface area contributed by atoms with E-state index in [1.165, 1.54) is 0 Å². The first kappa shape index (κ1) is 20.2. The summed E-state index contributed by atoms with van der Waals surface area (Å²) in [7, 11) is 1.65. The molecule has 1 N–H and O–H groups in total. The smallest absolute Gasteiger partial charge is 0.328 e. The lowest BCUT2D eigenvalue weighted by Gasteiger charge is -2.18. The minimum Gasteiger partial charge on any atom is -0.497 e. The molecule has 0 aliphatic rings. The molecular weight excluding hydrogens is 390 g/mol. The molecule has 5 heteroatoms. The maximum atomic E-state index is 10.7. The van der Waals surface area contributed by atoms with E-state index < -0.39 is 5.97 Å². The van der Waals surface area contributed by atoms with Crippen LogP contribution >= 0.6 is 0 Å². The molecule has 0 aliphatic carbocycles. The Bertz CT molecular complexity index is 1260. The Labute approximate surface area is 180 Å². The number of carboxylic acids is 1. The van der Waals surface area contributed by atoms with Gasteiger partial charge in [0.15, 0.2) is 0 Å². The number of aryl methyl sites for hydroxylation is 1. The normalized spacial score (nSPS) is 11.0. The van der Waals surface area contributed by atoms with Gasteiger partial charge in [-0.2, -0.15) is 0 Å². The van der Waals surface area contributed by atoms with E-state index in [0.717, 1.165) is 50.6 Å². The van der Waals surface area contributed by atoms with Gasteiger partial charge >= 0.3 is 5.97 Å². The number of hydrogen-bond acceptors (Lipinski definition) is 4. The van der Waals surface area contributed by atoms with Gasteiger partial charge in [0.25, 0.3) is 0 Å². The highest BCUT2D eigenvalue weighted by Crippen LogP contribution is 2.42. The number of hydrogen-bond donors (Lipinski definition) is 1. The second-order valence-corrected chi connectivity index (χ2v) is 7.06. The molecule has 0 spiro atoms. The van der Waals surface area contributed by atoms with Crippen molar-refractivity contribution in [2.75, 3.05) is 7.11 Å². The molecule has 0 saturated carbocycles. The van der Waals surface area contributed by atoms with E-state index in [2.05, 4.69) is 18.0 Å². The average molecular weight is 411 g/mol. The zero-order chi connectivity index (χ0) is 21.8. The van der Waals surface area contributed by atoms with Crippen molar-refractivity contribution in [2.24, 2.45) is 0 Å². The molecule has 4 rings (SSSR count). The number of ether oxygens (including phenoxy) is 2. The third-order valence-electron chi connectivity index (χ3n) is 4.98. The van der Waals surface area contributed by atoms with Crippen molar-refractivity contribution in [3.05, 3.63) is 90.3 Å². The summed E-state index contributed by atoms with van der Waals surface area (Å²) in [5.74, 6) is 1.20. The van der Waals surface area contributed by atoms with Crippen molar-refractivity contribution < 1.29 is 19.4 Å². The van der Waals surface area contributed by atoms with Crippen molar-refractivity contribution in [3.63, 3.8) is 0 Å². The zero-order valence-corrected chi connectivity index (χ0v) is 17.2. The SMILES string of the molecule is COc1ccc2c(Oc3ccc(C=CC(=O)O)cc3)c(-c3ccncc3)c(C)cc2c1. The first-order valence-electron chi connectivity index (χ1n) is 9.76. The van der Waals surface area contributed by atoms with E-state index in [1.54, 1.807) is 25.6 Å². The Hall–Kier alpha value is -4.12. The molecule has 0 radical (unpaired) electrons. The molecule has 0 unspecified atom stereocenters. The highest BCUT2D eigenvalue weighted by Gasteiger charge is 2.16. The molecule has 0 fully saturated rings. The van der Waals surface area contributed by atoms with Crippen LogP contribution in [0.25, 0.3) is 28.0 Å². The minimum atomic E-state index is -0.982. The topological polar surface area (TPSA) is 68.7 Å². The number of pyridine rings is 1. The maximum Gasteiger partial charge on any atom is 0.328 e. The van der Waals surface area contributed by atoms with Gasteiger partial charge in [-0.15, -0.1) is 0 Å². The molecule has 5 nitrogen and oxygen atoms in total. The largest absolute Gasteiger partial charge is 0.497 e. The number of fused-ring (bicyclic) bond motifs is 1. The number of benzene rings is 3. The Morgan fingerprint density at radius 1 is 0.968 bits per heavy atom. The molecule has 4 aromatic rings. The minimum absolute atomic E-state index is 0.658. The summed E-state index contributed by atoms with van der Waals surface area (Å²) in [5.41, 5.74) is 3.86. The number of aromatic nitrogens is 1. The Balaban J connectivity index is 1.83. The number of nitrogens with zero attached hydrogens (tertiary/aromatic N) is 1. The summed E-state index contributed by atoms with van der Waals surface area (Å²) < 4.78 is 11.8. The highest BCUT2D eigenvalue weighted by molar-refractivity contribution is 5.97. The van der Waals surface area contributed by atoms with Crippen LogP contribution in [0.2, 0.25) is 0 Å². The second-order valence-electron chi connectivity index (χ2n) is 7.06. The van der Waals surface area contributed by atoms with Gasteiger partial charge in [-0.05, 0) is 77.5 Å². The van der Waals surface area contributed by atoms with Crippen LogP contribution in [0, 0.1) is 6.92 Å². The molecule has 1 aromatic heterocycles. The van der Waals surface area contributed by atoms with E-state index in [-0.39, 0.29) is 0 Å². The van der Waals surface area contributed by atoms with E-state index in [1.807, 2.05) is 54.6 Å². The van der Waals surface area contributed by atoms with Crippen LogP contribution < -0.4 is 9.47 Å². The van der Waals surface area contributed by atoms with Crippen molar-refractivity contribution >= 4 is 22.8 Å². The van der Waals surface area contributed by atoms with E-state index in [9.17, 15) is 4.79 Å². The number of methoxy groups -OCH3 is 1. The highest BCUT2D eigenvalue weighted by atomic mass is 16.5. The van der Waals surface area contributed by atoms with Gasteiger partial charge in [-0.1, -0.05) is 18.2 Å². The van der Waals surface area contributed by atoms with Gasteiger partial charge in [-0.25, -0.2) is 4.79 Å². The third-order valence-corrected chi connectivity index (χ3v) is 4.98. The lowest BCUT2D eigenvalue weighted by atomic mass is 9.95. The second kappa shape index (κ2) is 8.71. The molecule has 154 valence electrons. The summed E-state index contributed by atoms with van der Waals surface area (Å²) in [6.45, 7) is 2.06. The monoisotopic (exact) mass is 411 g/mol. The summed E-state index contributed by atoms with van der Waals surface area (Å²) in [4.78, 5) is 14.9. The number of rotatable bonds is 6. The summed E-state index contributed by atoms with van der Waals surface area (Å²) in [6.07, 6.45) is 6.18. The van der Waals surface area contributed by atoms with Gasteiger partial charge in [0, 0.05) is 29.4 Å². The van der Waals surface area contributed by atoms with Crippen LogP contribution in [0.4, 0.5) is 0 Å². The van der Waals surface area contributed by atoms with Crippen molar-refractivity contribution in [2.45, 2.75) is 6.92 Å². The Morgan fingerprint density at radius 2 is 1.68 bits per heavy atom. The van der Waals surface area contributed by atoms with Gasteiger partial charge < -0.3 is 14.6 Å². The van der Waals surface area contributed by atoms with Gasteiger partial charge in [-0.3, -0.25) is 4.98 Å². The fraction of sp³-hybridized carbons (Fsp3) is 0.0769. The van der Waals surface area contributed by atoms with E-state index in [4.69, 9.17) is 14.6 Å². The summed E-state index contributed by atoms with van der Waals surface area (Å²) in [5, 5.41) is 10.8. The van der Waals surface area contributed by atoms with Crippen LogP contribution in [-0.2, 0) is 4.79 Å². The predicted octanol–water partition coefficient (Wildman–Crippen LogP) is 6.11. The molecule has 31 heavy (non-hydrogen) atoms. The molecule has 0 aliphatic heterocycles. The van der Waals surface area contributed by atoms with Crippen molar-refractivity contribution in [1.29, 1.82) is 0 Å². The Kier molecular flexibility index (Phi) is 5.67. The fourth-order valence-corrected chi connectivity index (χ4v) is 3.53. The molecule has 0 atom stereocenters. The van der Waals surface area contributed by atoms with Gasteiger partial charge in [0.2, 0.25) is 0 Å². The number of carboxylic acid groups (broad SMARTS) is 1. The Morgan fingerprint density at radius 3 is 2.35 bits per heavy atom. The molecule has 1 heterocycles. The lowest BCUT2D eigenvalue weighted by Crippen LogP contribution is -1.94. The zero-order valence-electron chi connectivity index (χ0n) is 17.2. The average Bonchev–Trinajstić information content (AvgIpc) is 2.78. The molecule has 3 aromatic carbocycles. The van der Waals surface area contributed by atoms with Crippen LogP contribution in [0.5, 0.6) is 17.2 Å². The molecule has 0 amide bonds. The third kappa shape index (κ3) is 4.41. The van der Waals surface area contributed by atoms with Gasteiger partial charge in [0.05, 0.1) is 7.11 Å². The van der Waals surface area contributed by atoms with E-state index in [0.29, 0.717) is 5.75 Å². The van der Waals surface area contributed by atoms with Crippen LogP contribution in [0.3, 0.4) is 0 Å². The standard InChI is InChI=1S/C26H21NO4/c1-17-15-20-16-22(30-2)8-9-23(20)26(25(17)19-11-13-27-14-12-19)31-21-6-3-18(4-7-21)5-10-24(28)29/h3-16H,1-2H3,(H,28,29). The number of carbonyl (C=O) groups is 1. The van der Waals surface area contributed by atoms with Crippen LogP contribution in [-0.4, -0.2) is 23.2 Å². The fourth-order valence-electron chi connectivity index (χ4n) is 3.53.